The van der Waals surface area contributed by atoms with Crippen molar-refractivity contribution in [2.24, 2.45) is 10.2 Å². The van der Waals surface area contributed by atoms with Crippen LogP contribution in [0, 0.1) is 22.7 Å². The minimum absolute atomic E-state index is 0.222. The Morgan fingerprint density at radius 3 is 1.38 bits per heavy atom. The molecule has 0 bridgehead atoms. The summed E-state index contributed by atoms with van der Waals surface area (Å²) in [5.41, 5.74) is -2.84. The number of nitriles is 2. The standard InChI is InChI=1S/C18H28N4O4/c1-5-9-25-15(23)11-17(7-3,13-19)21-22-18(8-4,14-20)12-16(24)26-10-6-2/h5-12H2,1-4H3. The molecular formula is C18H28N4O4. The largest absolute Gasteiger partial charge is 0.466 e. The molecule has 0 aliphatic carbocycles. The zero-order valence-corrected chi connectivity index (χ0v) is 16.1. The first kappa shape index (κ1) is 23.5. The van der Waals surface area contributed by atoms with Crippen LogP contribution in [0.2, 0.25) is 0 Å². The Bertz CT molecular complexity index is 529. The van der Waals surface area contributed by atoms with Crippen molar-refractivity contribution in [3.8, 4) is 12.1 Å². The lowest BCUT2D eigenvalue weighted by molar-refractivity contribution is -0.146. The van der Waals surface area contributed by atoms with Gasteiger partial charge in [0, 0.05) is 0 Å². The SMILES string of the molecule is CCCOC(=O)CC(C#N)(CC)N=NC(C#N)(CC)CC(=O)OCCC. The summed E-state index contributed by atoms with van der Waals surface area (Å²) in [4.78, 5) is 23.8. The average Bonchev–Trinajstić information content (AvgIpc) is 2.66. The number of carbonyl (C=O) groups excluding carboxylic acids is 2. The van der Waals surface area contributed by atoms with Gasteiger partial charge in [0.15, 0.2) is 11.1 Å². The Hall–Kier alpha value is -2.48. The molecule has 26 heavy (non-hydrogen) atoms. The second-order valence-electron chi connectivity index (χ2n) is 5.99. The predicted octanol–water partition coefficient (Wildman–Crippen LogP) is 3.47. The molecule has 0 heterocycles. The second-order valence-corrected chi connectivity index (χ2v) is 5.99. The van der Waals surface area contributed by atoms with Gasteiger partial charge in [-0.05, 0) is 25.7 Å². The molecular weight excluding hydrogens is 336 g/mol. The lowest BCUT2D eigenvalue weighted by atomic mass is 9.93. The number of nitrogens with zero attached hydrogens (tertiary/aromatic N) is 4. The Morgan fingerprint density at radius 1 is 0.808 bits per heavy atom. The zero-order valence-electron chi connectivity index (χ0n) is 16.1. The van der Waals surface area contributed by atoms with Crippen LogP contribution in [0.25, 0.3) is 0 Å². The summed E-state index contributed by atoms with van der Waals surface area (Å²) in [7, 11) is 0. The fourth-order valence-corrected chi connectivity index (χ4v) is 1.95. The van der Waals surface area contributed by atoms with Crippen molar-refractivity contribution in [1.82, 2.24) is 0 Å². The van der Waals surface area contributed by atoms with Gasteiger partial charge in [-0.3, -0.25) is 9.59 Å². The van der Waals surface area contributed by atoms with Crippen LogP contribution in [0.5, 0.6) is 0 Å². The van der Waals surface area contributed by atoms with E-state index in [0.717, 1.165) is 0 Å². The van der Waals surface area contributed by atoms with E-state index in [1.807, 2.05) is 26.0 Å². The molecule has 0 aromatic carbocycles. The van der Waals surface area contributed by atoms with Crippen LogP contribution < -0.4 is 0 Å². The average molecular weight is 364 g/mol. The number of carbonyl (C=O) groups is 2. The summed E-state index contributed by atoms with van der Waals surface area (Å²) in [6.07, 6.45) is 1.28. The van der Waals surface area contributed by atoms with Crippen molar-refractivity contribution in [2.45, 2.75) is 77.3 Å². The highest BCUT2D eigenvalue weighted by atomic mass is 16.5. The number of ether oxygens (including phenoxy) is 2. The molecule has 0 N–H and O–H groups in total. The van der Waals surface area contributed by atoms with Gasteiger partial charge in [0.1, 0.15) is 0 Å². The van der Waals surface area contributed by atoms with Crippen molar-refractivity contribution >= 4 is 11.9 Å². The van der Waals surface area contributed by atoms with E-state index < -0.39 is 23.0 Å². The van der Waals surface area contributed by atoms with Crippen molar-refractivity contribution in [3.63, 3.8) is 0 Å². The van der Waals surface area contributed by atoms with Gasteiger partial charge in [0.05, 0.1) is 38.2 Å². The lowest BCUT2D eigenvalue weighted by Gasteiger charge is -2.22. The van der Waals surface area contributed by atoms with Gasteiger partial charge < -0.3 is 9.47 Å². The molecule has 2 unspecified atom stereocenters. The molecule has 0 aromatic rings. The normalized spacial score (nSPS) is 15.3. The topological polar surface area (TPSA) is 125 Å². The summed E-state index contributed by atoms with van der Waals surface area (Å²) >= 11 is 0. The van der Waals surface area contributed by atoms with Crippen LogP contribution in [-0.2, 0) is 19.1 Å². The first-order valence-corrected chi connectivity index (χ1v) is 8.94. The quantitative estimate of drug-likeness (QED) is 0.385. The Labute approximate surface area is 155 Å². The summed E-state index contributed by atoms with van der Waals surface area (Å²) in [6.45, 7) is 7.66. The van der Waals surface area contributed by atoms with E-state index >= 15 is 0 Å². The number of hydrogen-bond donors (Lipinski definition) is 0. The van der Waals surface area contributed by atoms with Gasteiger partial charge in [-0.25, -0.2) is 0 Å². The summed E-state index contributed by atoms with van der Waals surface area (Å²) in [5.74, 6) is -1.09. The molecule has 0 saturated carbocycles. The van der Waals surface area contributed by atoms with E-state index in [1.165, 1.54) is 0 Å². The summed E-state index contributed by atoms with van der Waals surface area (Å²) in [5, 5.41) is 27.1. The molecule has 0 aromatic heterocycles. The third-order valence-electron chi connectivity index (χ3n) is 3.83. The number of rotatable bonds is 12. The monoisotopic (exact) mass is 364 g/mol. The predicted molar refractivity (Wildman–Crippen MR) is 93.9 cm³/mol. The van der Waals surface area contributed by atoms with Crippen LogP contribution in [0.15, 0.2) is 10.2 Å². The van der Waals surface area contributed by atoms with Crippen molar-refractivity contribution < 1.29 is 19.1 Å². The summed E-state index contributed by atoms with van der Waals surface area (Å²) in [6, 6.07) is 3.99. The first-order valence-electron chi connectivity index (χ1n) is 8.94. The van der Waals surface area contributed by atoms with Crippen LogP contribution >= 0.6 is 0 Å². The maximum Gasteiger partial charge on any atom is 0.309 e. The van der Waals surface area contributed by atoms with Crippen molar-refractivity contribution in [3.05, 3.63) is 0 Å². The molecule has 0 aliphatic rings. The fourth-order valence-electron chi connectivity index (χ4n) is 1.95. The third kappa shape index (κ3) is 7.60. The maximum absolute atomic E-state index is 11.9. The molecule has 0 fully saturated rings. The number of esters is 2. The van der Waals surface area contributed by atoms with Gasteiger partial charge in [0.25, 0.3) is 0 Å². The van der Waals surface area contributed by atoms with Crippen LogP contribution in [0.3, 0.4) is 0 Å². The number of hydrogen-bond acceptors (Lipinski definition) is 8. The summed E-state index contributed by atoms with van der Waals surface area (Å²) < 4.78 is 10.0. The van der Waals surface area contributed by atoms with E-state index in [1.54, 1.807) is 13.8 Å². The smallest absolute Gasteiger partial charge is 0.309 e. The van der Waals surface area contributed by atoms with Gasteiger partial charge in [-0.2, -0.15) is 20.8 Å². The van der Waals surface area contributed by atoms with Gasteiger partial charge in [0.2, 0.25) is 0 Å². The minimum atomic E-state index is -1.42. The van der Waals surface area contributed by atoms with E-state index in [2.05, 4.69) is 10.2 Å². The first-order chi connectivity index (χ1) is 12.4. The number of azo groups is 1. The second kappa shape index (κ2) is 12.0. The van der Waals surface area contributed by atoms with Crippen LogP contribution in [0.4, 0.5) is 0 Å². The third-order valence-corrected chi connectivity index (χ3v) is 3.83. The van der Waals surface area contributed by atoms with E-state index in [9.17, 15) is 20.1 Å². The van der Waals surface area contributed by atoms with Crippen molar-refractivity contribution in [2.75, 3.05) is 13.2 Å². The minimum Gasteiger partial charge on any atom is -0.466 e. The maximum atomic E-state index is 11.9. The van der Waals surface area contributed by atoms with E-state index in [-0.39, 0.29) is 38.9 Å². The van der Waals surface area contributed by atoms with Gasteiger partial charge >= 0.3 is 11.9 Å². The highest BCUT2D eigenvalue weighted by Gasteiger charge is 2.37. The van der Waals surface area contributed by atoms with E-state index in [0.29, 0.717) is 12.8 Å². The fraction of sp³-hybridized carbons (Fsp3) is 0.778. The Kier molecular flexibility index (Phi) is 10.8. The van der Waals surface area contributed by atoms with E-state index in [4.69, 9.17) is 9.47 Å². The molecule has 8 nitrogen and oxygen atoms in total. The zero-order chi connectivity index (χ0) is 20.1. The highest BCUT2D eigenvalue weighted by Crippen LogP contribution is 2.27. The van der Waals surface area contributed by atoms with Gasteiger partial charge in [-0.15, -0.1) is 0 Å². The van der Waals surface area contributed by atoms with Crippen LogP contribution in [0.1, 0.15) is 66.2 Å². The molecule has 0 saturated heterocycles. The Balaban J connectivity index is 5.38. The molecule has 8 heteroatoms. The molecule has 0 aliphatic heterocycles. The molecule has 0 rings (SSSR count). The van der Waals surface area contributed by atoms with Crippen LogP contribution in [-0.4, -0.2) is 36.2 Å². The lowest BCUT2D eigenvalue weighted by Crippen LogP contribution is -2.32. The Morgan fingerprint density at radius 2 is 1.15 bits per heavy atom. The van der Waals surface area contributed by atoms with Crippen molar-refractivity contribution in [1.29, 1.82) is 10.5 Å². The molecule has 2 atom stereocenters. The molecule has 144 valence electrons. The molecule has 0 amide bonds. The van der Waals surface area contributed by atoms with Gasteiger partial charge in [-0.1, -0.05) is 27.7 Å². The molecule has 0 spiro atoms. The highest BCUT2D eigenvalue weighted by molar-refractivity contribution is 5.72. The molecule has 0 radical (unpaired) electrons.